The molecule has 0 spiro atoms. The van der Waals surface area contributed by atoms with Gasteiger partial charge in [0.05, 0.1) is 19.8 Å². The lowest BCUT2D eigenvalue weighted by atomic mass is 9.98. The molecule has 0 aromatic rings. The number of esters is 2. The first kappa shape index (κ1) is 57.4. The van der Waals surface area contributed by atoms with Crippen LogP contribution in [0.25, 0.3) is 0 Å². The van der Waals surface area contributed by atoms with Crippen molar-refractivity contribution in [3.63, 3.8) is 0 Å². The van der Waals surface area contributed by atoms with Gasteiger partial charge in [-0.1, -0.05) is 148 Å². The van der Waals surface area contributed by atoms with Crippen molar-refractivity contribution in [2.45, 2.75) is 255 Å². The van der Waals surface area contributed by atoms with E-state index in [0.29, 0.717) is 12.8 Å². The summed E-state index contributed by atoms with van der Waals surface area (Å²) in [5, 5.41) is 71.8. The van der Waals surface area contributed by atoms with Crippen LogP contribution < -0.4 is 0 Å². The molecule has 2 fully saturated rings. The van der Waals surface area contributed by atoms with Crippen LogP contribution in [0, 0.1) is 0 Å². The van der Waals surface area contributed by atoms with Crippen LogP contribution in [-0.4, -0.2) is 142 Å². The lowest BCUT2D eigenvalue weighted by Gasteiger charge is -2.42. The Bertz CT molecular complexity index is 1160. The molecule has 0 bridgehead atoms. The molecule has 2 heterocycles. The van der Waals surface area contributed by atoms with E-state index in [1.165, 1.54) is 96.3 Å². The van der Waals surface area contributed by atoms with E-state index in [0.717, 1.165) is 51.4 Å². The predicted molar refractivity (Wildman–Crippen MR) is 238 cm³/mol. The topological polar surface area (TPSA) is 231 Å². The monoisotopic (exact) mass is 905 g/mol. The van der Waals surface area contributed by atoms with Crippen molar-refractivity contribution in [1.82, 2.24) is 0 Å². The Morgan fingerprint density at radius 1 is 0.492 bits per heavy atom. The zero-order chi connectivity index (χ0) is 46.1. The highest BCUT2D eigenvalue weighted by molar-refractivity contribution is 5.70. The van der Waals surface area contributed by atoms with E-state index >= 15 is 0 Å². The molecule has 0 amide bonds. The van der Waals surface area contributed by atoms with Crippen LogP contribution in [0.15, 0.2) is 12.2 Å². The molecule has 11 atom stereocenters. The first-order chi connectivity index (χ1) is 30.5. The van der Waals surface area contributed by atoms with E-state index in [2.05, 4.69) is 26.0 Å². The van der Waals surface area contributed by atoms with Crippen molar-refractivity contribution in [3.8, 4) is 0 Å². The van der Waals surface area contributed by atoms with Crippen molar-refractivity contribution in [1.29, 1.82) is 0 Å². The van der Waals surface area contributed by atoms with Crippen LogP contribution in [0.1, 0.15) is 187 Å². The highest BCUT2D eigenvalue weighted by Crippen LogP contribution is 2.26. The van der Waals surface area contributed by atoms with Crippen molar-refractivity contribution in [2.75, 3.05) is 26.4 Å². The second kappa shape index (κ2) is 36.4. The highest BCUT2D eigenvalue weighted by atomic mass is 16.7. The first-order valence-electron chi connectivity index (χ1n) is 24.8. The maximum absolute atomic E-state index is 12.9. The van der Waals surface area contributed by atoms with Gasteiger partial charge in [0.15, 0.2) is 18.7 Å². The van der Waals surface area contributed by atoms with E-state index < -0.39 is 92.7 Å². The van der Waals surface area contributed by atoms with E-state index in [9.17, 15) is 45.3 Å². The molecule has 0 saturated carbocycles. The summed E-state index contributed by atoms with van der Waals surface area (Å²) in [6, 6.07) is 0. The Morgan fingerprint density at radius 2 is 0.905 bits per heavy atom. The molecule has 11 unspecified atom stereocenters. The molecule has 2 aliphatic rings. The molecule has 0 aromatic carbocycles. The van der Waals surface area contributed by atoms with Gasteiger partial charge < -0.3 is 64.2 Å². The van der Waals surface area contributed by atoms with E-state index in [1.54, 1.807) is 0 Å². The average molecular weight is 905 g/mol. The molecule has 2 aliphatic heterocycles. The van der Waals surface area contributed by atoms with Gasteiger partial charge in [-0.3, -0.25) is 9.59 Å². The maximum atomic E-state index is 12.9. The van der Waals surface area contributed by atoms with Crippen LogP contribution in [0.2, 0.25) is 0 Å². The number of unbranched alkanes of at least 4 members (excludes halogenated alkanes) is 22. The maximum Gasteiger partial charge on any atom is 0.306 e. The fraction of sp³-hybridized carbons (Fsp3) is 0.917. The zero-order valence-electron chi connectivity index (χ0n) is 38.8. The Labute approximate surface area is 378 Å². The summed E-state index contributed by atoms with van der Waals surface area (Å²) >= 11 is 0. The number of carbonyl (C=O) groups excluding carboxylic acids is 2. The van der Waals surface area contributed by atoms with Crippen molar-refractivity contribution < 1.29 is 73.8 Å². The van der Waals surface area contributed by atoms with E-state index in [4.69, 9.17) is 28.4 Å². The Balaban J connectivity index is 1.74. The number of hydrogen-bond donors (Lipinski definition) is 7. The zero-order valence-corrected chi connectivity index (χ0v) is 38.8. The summed E-state index contributed by atoms with van der Waals surface area (Å²) < 4.78 is 33.4. The number of carbonyl (C=O) groups is 2. The van der Waals surface area contributed by atoms with Gasteiger partial charge >= 0.3 is 11.9 Å². The predicted octanol–water partition coefficient (Wildman–Crippen LogP) is 6.21. The molecular formula is C48H88O15. The summed E-state index contributed by atoms with van der Waals surface area (Å²) in [5.74, 6) is -0.931. The molecule has 7 N–H and O–H groups in total. The van der Waals surface area contributed by atoms with E-state index in [-0.39, 0.29) is 26.1 Å². The van der Waals surface area contributed by atoms with Crippen LogP contribution in [0.5, 0.6) is 0 Å². The Hall–Kier alpha value is -1.76. The normalized spacial score (nSPS) is 26.9. The Kier molecular flexibility index (Phi) is 33.1. The van der Waals surface area contributed by atoms with Gasteiger partial charge in [0, 0.05) is 12.8 Å². The molecule has 0 aromatic heterocycles. The minimum atomic E-state index is -1.76. The molecule has 15 nitrogen and oxygen atoms in total. The quantitative estimate of drug-likeness (QED) is 0.0208. The fourth-order valence-electron chi connectivity index (χ4n) is 7.86. The number of aliphatic hydroxyl groups is 7. The molecule has 0 aliphatic carbocycles. The largest absolute Gasteiger partial charge is 0.462 e. The molecule has 2 saturated heterocycles. The minimum Gasteiger partial charge on any atom is -0.462 e. The van der Waals surface area contributed by atoms with Crippen LogP contribution in [0.4, 0.5) is 0 Å². The summed E-state index contributed by atoms with van der Waals surface area (Å²) in [6.45, 7) is 2.52. The number of hydrogen-bond acceptors (Lipinski definition) is 15. The van der Waals surface area contributed by atoms with Crippen LogP contribution in [-0.2, 0) is 38.0 Å². The van der Waals surface area contributed by atoms with Crippen molar-refractivity contribution >= 4 is 11.9 Å². The smallest absolute Gasteiger partial charge is 0.306 e. The molecular weight excluding hydrogens is 817 g/mol. The lowest BCUT2D eigenvalue weighted by molar-refractivity contribution is -0.332. The number of ether oxygens (including phenoxy) is 6. The molecule has 2 rings (SSSR count). The first-order valence-corrected chi connectivity index (χ1v) is 24.8. The fourth-order valence-corrected chi connectivity index (χ4v) is 7.86. The van der Waals surface area contributed by atoms with Gasteiger partial charge in [-0.15, -0.1) is 0 Å². The lowest BCUT2D eigenvalue weighted by Crippen LogP contribution is -2.61. The minimum absolute atomic E-state index is 0.166. The molecule has 370 valence electrons. The van der Waals surface area contributed by atoms with Gasteiger partial charge in [-0.25, -0.2) is 0 Å². The van der Waals surface area contributed by atoms with Crippen molar-refractivity contribution in [2.24, 2.45) is 0 Å². The number of rotatable bonds is 38. The molecule has 0 radical (unpaired) electrons. The molecule has 63 heavy (non-hydrogen) atoms. The van der Waals surface area contributed by atoms with Gasteiger partial charge in [0.25, 0.3) is 0 Å². The second-order valence-corrected chi connectivity index (χ2v) is 17.6. The third-order valence-electron chi connectivity index (χ3n) is 12.0. The SMILES string of the molecule is CCCCCCCCCC/C=C\CCCCCCCCCCCC(=O)OC(COC(=O)CCCCCCCC)COC1OC(COC2OC(CO)C(O)C(O)C2O)C(O)C(O)C1O. The van der Waals surface area contributed by atoms with Gasteiger partial charge in [0.1, 0.15) is 55.4 Å². The summed E-state index contributed by atoms with van der Waals surface area (Å²) in [4.78, 5) is 25.5. The van der Waals surface area contributed by atoms with E-state index in [1.807, 2.05) is 0 Å². The van der Waals surface area contributed by atoms with Crippen molar-refractivity contribution in [3.05, 3.63) is 12.2 Å². The van der Waals surface area contributed by atoms with Gasteiger partial charge in [0.2, 0.25) is 0 Å². The average Bonchev–Trinajstić information content (AvgIpc) is 3.28. The second-order valence-electron chi connectivity index (χ2n) is 17.6. The third kappa shape index (κ3) is 25.1. The van der Waals surface area contributed by atoms with Crippen LogP contribution in [0.3, 0.4) is 0 Å². The number of aliphatic hydroxyl groups excluding tert-OH is 7. The Morgan fingerprint density at radius 3 is 1.40 bits per heavy atom. The highest BCUT2D eigenvalue weighted by Gasteiger charge is 2.47. The molecule has 15 heteroatoms. The van der Waals surface area contributed by atoms with Crippen LogP contribution >= 0.6 is 0 Å². The summed E-state index contributed by atoms with van der Waals surface area (Å²) in [5.41, 5.74) is 0. The standard InChI is InChI=1S/C48H88O15/c1-3-5-7-9-11-12-13-14-15-16-17-18-19-20-21-22-23-24-25-27-29-31-40(51)61-36(33-58-39(50)30-28-26-10-8-6-4-2)34-59-47-46(57)44(55)42(53)38(63-47)35-60-48-45(56)43(54)41(52)37(32-49)62-48/h16-17,36-38,41-49,52-57H,3-15,18-35H2,1-2H3/b17-16-. The summed E-state index contributed by atoms with van der Waals surface area (Å²) in [7, 11) is 0. The summed E-state index contributed by atoms with van der Waals surface area (Å²) in [6.07, 6.45) is 17.2. The van der Waals surface area contributed by atoms with Gasteiger partial charge in [-0.2, -0.15) is 0 Å². The third-order valence-corrected chi connectivity index (χ3v) is 12.0. The van der Waals surface area contributed by atoms with Gasteiger partial charge in [-0.05, 0) is 38.5 Å². The number of allylic oxidation sites excluding steroid dienone is 2.